The summed E-state index contributed by atoms with van der Waals surface area (Å²) < 4.78 is 22.7. The predicted octanol–water partition coefficient (Wildman–Crippen LogP) is -0.752. The molecule has 0 aromatic carbocycles. The SMILES string of the molecule is CC1(CO)C(=O)NN=C1c1ccc(S(=O)(=O)NO)s1. The van der Waals surface area contributed by atoms with Gasteiger partial charge < -0.3 is 10.3 Å². The minimum Gasteiger partial charge on any atom is -0.395 e. The highest BCUT2D eigenvalue weighted by molar-refractivity contribution is 7.91. The molecular formula is C9H11N3O5S2. The summed E-state index contributed by atoms with van der Waals surface area (Å²) in [7, 11) is -3.96. The maximum absolute atomic E-state index is 11.6. The number of aliphatic hydroxyl groups is 1. The van der Waals surface area contributed by atoms with Crippen LogP contribution in [-0.2, 0) is 14.8 Å². The molecule has 0 spiro atoms. The van der Waals surface area contributed by atoms with E-state index in [-0.39, 0.29) is 9.92 Å². The Bertz CT molecular complexity index is 651. The number of nitrogens with one attached hydrogen (secondary N) is 2. The molecule has 1 aromatic heterocycles. The van der Waals surface area contributed by atoms with Crippen LogP contribution in [0.5, 0.6) is 0 Å². The van der Waals surface area contributed by atoms with Gasteiger partial charge in [0.05, 0.1) is 17.2 Å². The first-order chi connectivity index (χ1) is 8.85. The molecule has 2 rings (SSSR count). The molecule has 8 nitrogen and oxygen atoms in total. The molecule has 0 aliphatic carbocycles. The van der Waals surface area contributed by atoms with E-state index >= 15 is 0 Å². The standard InChI is InChI=1S/C9H11N3O5S2/c1-9(4-13)7(10-11-8(9)14)5-2-3-6(18-5)19(16,17)12-15/h2-3,12-13,15H,4H2,1H3,(H,11,14). The van der Waals surface area contributed by atoms with Gasteiger partial charge in [0.1, 0.15) is 9.62 Å². The molecule has 0 bridgehead atoms. The monoisotopic (exact) mass is 305 g/mol. The van der Waals surface area contributed by atoms with Gasteiger partial charge in [0.2, 0.25) is 0 Å². The highest BCUT2D eigenvalue weighted by Gasteiger charge is 2.44. The zero-order chi connectivity index (χ0) is 14.3. The van der Waals surface area contributed by atoms with Crippen LogP contribution in [0.25, 0.3) is 0 Å². The van der Waals surface area contributed by atoms with E-state index in [4.69, 9.17) is 5.21 Å². The topological polar surface area (TPSA) is 128 Å². The summed E-state index contributed by atoms with van der Waals surface area (Å²) in [5, 5.41) is 21.7. The Labute approximate surface area is 112 Å². The van der Waals surface area contributed by atoms with E-state index in [9.17, 15) is 18.3 Å². The first-order valence-corrected chi connectivity index (χ1v) is 7.40. The summed E-state index contributed by atoms with van der Waals surface area (Å²) in [6.07, 6.45) is 0. The number of hydrogen-bond donors (Lipinski definition) is 4. The molecule has 1 unspecified atom stereocenters. The highest BCUT2D eigenvalue weighted by atomic mass is 32.2. The van der Waals surface area contributed by atoms with Crippen molar-refractivity contribution in [3.8, 4) is 0 Å². The minimum absolute atomic E-state index is 0.118. The first kappa shape index (κ1) is 14.1. The zero-order valence-electron chi connectivity index (χ0n) is 9.74. The third kappa shape index (κ3) is 2.17. The molecule has 0 saturated heterocycles. The zero-order valence-corrected chi connectivity index (χ0v) is 11.4. The number of aliphatic hydroxyl groups excluding tert-OH is 1. The normalized spacial score (nSPS) is 23.3. The number of hydrogen-bond acceptors (Lipinski definition) is 7. The second kappa shape index (κ2) is 4.65. The number of carbonyl (C=O) groups excluding carboxylic acids is 1. The maximum Gasteiger partial charge on any atom is 0.271 e. The number of rotatable bonds is 4. The average molecular weight is 305 g/mol. The molecule has 1 aromatic rings. The van der Waals surface area contributed by atoms with Gasteiger partial charge >= 0.3 is 0 Å². The van der Waals surface area contributed by atoms with Gasteiger partial charge in [-0.2, -0.15) is 5.10 Å². The molecule has 19 heavy (non-hydrogen) atoms. The van der Waals surface area contributed by atoms with Crippen molar-refractivity contribution < 1.29 is 23.5 Å². The Balaban J connectivity index is 2.43. The average Bonchev–Trinajstić information content (AvgIpc) is 2.97. The van der Waals surface area contributed by atoms with Crippen LogP contribution in [0, 0.1) is 5.41 Å². The summed E-state index contributed by atoms with van der Waals surface area (Å²) in [6.45, 7) is 1.06. The van der Waals surface area contributed by atoms with Crippen molar-refractivity contribution in [2.45, 2.75) is 11.1 Å². The van der Waals surface area contributed by atoms with E-state index in [1.54, 1.807) is 0 Å². The van der Waals surface area contributed by atoms with E-state index in [0.29, 0.717) is 4.88 Å². The van der Waals surface area contributed by atoms with Crippen LogP contribution in [0.3, 0.4) is 0 Å². The largest absolute Gasteiger partial charge is 0.395 e. The van der Waals surface area contributed by atoms with E-state index in [1.165, 1.54) is 23.9 Å². The van der Waals surface area contributed by atoms with E-state index < -0.39 is 28.0 Å². The van der Waals surface area contributed by atoms with Crippen molar-refractivity contribution in [2.24, 2.45) is 10.5 Å². The van der Waals surface area contributed by atoms with Crippen LogP contribution < -0.4 is 10.3 Å². The predicted molar refractivity (Wildman–Crippen MR) is 66.3 cm³/mol. The molecule has 4 N–H and O–H groups in total. The van der Waals surface area contributed by atoms with Gasteiger partial charge in [0.25, 0.3) is 15.9 Å². The van der Waals surface area contributed by atoms with Crippen LogP contribution >= 0.6 is 11.3 Å². The lowest BCUT2D eigenvalue weighted by atomic mass is 9.85. The smallest absolute Gasteiger partial charge is 0.271 e. The Morgan fingerprint density at radius 3 is 2.79 bits per heavy atom. The molecule has 1 atom stereocenters. The molecule has 0 radical (unpaired) electrons. The summed E-state index contributed by atoms with van der Waals surface area (Å²) in [4.78, 5) is 13.3. The molecule has 10 heteroatoms. The fraction of sp³-hybridized carbons (Fsp3) is 0.333. The minimum atomic E-state index is -3.96. The van der Waals surface area contributed by atoms with Crippen LogP contribution in [0.1, 0.15) is 11.8 Å². The van der Waals surface area contributed by atoms with E-state index in [2.05, 4.69) is 10.5 Å². The van der Waals surface area contributed by atoms with Crippen LogP contribution in [0.4, 0.5) is 0 Å². The van der Waals surface area contributed by atoms with Crippen molar-refractivity contribution >= 4 is 33.0 Å². The van der Waals surface area contributed by atoms with Gasteiger partial charge in [-0.3, -0.25) is 4.79 Å². The van der Waals surface area contributed by atoms with Crippen LogP contribution in [0.15, 0.2) is 21.4 Å². The molecule has 104 valence electrons. The summed E-state index contributed by atoms with van der Waals surface area (Å²) >= 11 is 0.837. The number of sulfonamides is 1. The van der Waals surface area contributed by atoms with Crippen LogP contribution in [0.2, 0.25) is 0 Å². The molecule has 1 amide bonds. The van der Waals surface area contributed by atoms with Gasteiger partial charge in [-0.15, -0.1) is 11.3 Å². The Kier molecular flexibility index (Phi) is 3.45. The molecule has 0 saturated carbocycles. The summed E-state index contributed by atoms with van der Waals surface area (Å²) in [5.41, 5.74) is 1.31. The van der Waals surface area contributed by atoms with Crippen LogP contribution in [-0.4, -0.2) is 37.0 Å². The Hall–Kier alpha value is -1.33. The molecule has 2 heterocycles. The van der Waals surface area contributed by atoms with Crippen molar-refractivity contribution in [3.05, 3.63) is 17.0 Å². The molecule has 1 aliphatic heterocycles. The van der Waals surface area contributed by atoms with Gasteiger partial charge in [-0.25, -0.2) is 13.8 Å². The lowest BCUT2D eigenvalue weighted by Gasteiger charge is -2.18. The number of hydrazone groups is 1. The highest BCUT2D eigenvalue weighted by Crippen LogP contribution is 2.32. The second-order valence-electron chi connectivity index (χ2n) is 4.10. The van der Waals surface area contributed by atoms with E-state index in [1.807, 2.05) is 0 Å². The first-order valence-electron chi connectivity index (χ1n) is 5.11. The Morgan fingerprint density at radius 2 is 2.21 bits per heavy atom. The lowest BCUT2D eigenvalue weighted by Crippen LogP contribution is -2.38. The van der Waals surface area contributed by atoms with Crippen molar-refractivity contribution in [3.63, 3.8) is 0 Å². The van der Waals surface area contributed by atoms with Gasteiger partial charge in [-0.1, -0.05) is 4.89 Å². The number of thiophene rings is 1. The summed E-state index contributed by atoms with van der Waals surface area (Å²) in [5.74, 6) is -0.455. The fourth-order valence-corrected chi connectivity index (χ4v) is 3.59. The van der Waals surface area contributed by atoms with Gasteiger partial charge in [0.15, 0.2) is 0 Å². The van der Waals surface area contributed by atoms with Crippen molar-refractivity contribution in [2.75, 3.05) is 6.61 Å². The molecule has 1 aliphatic rings. The van der Waals surface area contributed by atoms with E-state index in [0.717, 1.165) is 11.3 Å². The molecule has 0 fully saturated rings. The van der Waals surface area contributed by atoms with Gasteiger partial charge in [0, 0.05) is 0 Å². The second-order valence-corrected chi connectivity index (χ2v) is 7.08. The number of carbonyl (C=O) groups is 1. The quantitative estimate of drug-likeness (QED) is 0.544. The molecular weight excluding hydrogens is 294 g/mol. The number of nitrogens with zero attached hydrogens (tertiary/aromatic N) is 1. The Morgan fingerprint density at radius 1 is 1.53 bits per heavy atom. The maximum atomic E-state index is 11.6. The lowest BCUT2D eigenvalue weighted by molar-refractivity contribution is -0.127. The summed E-state index contributed by atoms with van der Waals surface area (Å²) in [6, 6.07) is 2.74. The van der Waals surface area contributed by atoms with Crippen molar-refractivity contribution in [1.29, 1.82) is 0 Å². The third-order valence-electron chi connectivity index (χ3n) is 2.81. The van der Waals surface area contributed by atoms with Gasteiger partial charge in [-0.05, 0) is 19.1 Å². The fourth-order valence-electron chi connectivity index (χ4n) is 1.57. The third-order valence-corrected chi connectivity index (χ3v) is 5.51. The van der Waals surface area contributed by atoms with Crippen molar-refractivity contribution in [1.82, 2.24) is 10.3 Å². The number of amides is 1.